The normalized spacial score (nSPS) is 12.1. The Morgan fingerprint density at radius 1 is 1.21 bits per heavy atom. The van der Waals surface area contributed by atoms with Crippen molar-refractivity contribution in [2.75, 3.05) is 18.4 Å². The lowest BCUT2D eigenvalue weighted by molar-refractivity contribution is -0.906. The Hall–Kier alpha value is -3.13. The molecule has 0 aliphatic heterocycles. The molecule has 2 aromatic carbocycles. The molecule has 0 bridgehead atoms. The third kappa shape index (κ3) is 5.45. The van der Waals surface area contributed by atoms with E-state index in [0.717, 1.165) is 35.9 Å². The number of amides is 1. The minimum Gasteiger partial charge on any atom is -0.321 e. The standard InChI is InChI=1S/C21H22F2N4O2/c1-2-3-10-27(13-20(28)25-18-11-14(22)8-9-16(18)23)12-19-24-17-7-5-4-6-15(17)21(29)26-19/h4-9,11H,2-3,10,12-13H2,1H3,(H,25,28)(H,24,26,29)/p+1. The van der Waals surface area contributed by atoms with E-state index in [1.54, 1.807) is 24.3 Å². The molecule has 0 radical (unpaired) electrons. The second kappa shape index (κ2) is 9.38. The second-order valence-corrected chi connectivity index (χ2v) is 6.91. The van der Waals surface area contributed by atoms with Crippen LogP contribution < -0.4 is 15.8 Å². The van der Waals surface area contributed by atoms with Crippen LogP contribution in [0.15, 0.2) is 47.3 Å². The van der Waals surface area contributed by atoms with Crippen LogP contribution in [0.2, 0.25) is 0 Å². The first-order chi connectivity index (χ1) is 14.0. The van der Waals surface area contributed by atoms with Gasteiger partial charge in [-0.15, -0.1) is 0 Å². The number of rotatable bonds is 8. The highest BCUT2D eigenvalue weighted by molar-refractivity contribution is 5.91. The van der Waals surface area contributed by atoms with E-state index in [2.05, 4.69) is 15.3 Å². The molecule has 1 aromatic heterocycles. The van der Waals surface area contributed by atoms with Gasteiger partial charge in [0.15, 0.2) is 12.4 Å². The van der Waals surface area contributed by atoms with Crippen LogP contribution in [0, 0.1) is 11.6 Å². The van der Waals surface area contributed by atoms with Crippen molar-refractivity contribution in [2.24, 2.45) is 0 Å². The third-order valence-corrected chi connectivity index (χ3v) is 4.58. The number of halogens is 2. The summed E-state index contributed by atoms with van der Waals surface area (Å²) in [6, 6.07) is 9.95. The highest BCUT2D eigenvalue weighted by Crippen LogP contribution is 2.14. The average molecular weight is 401 g/mol. The lowest BCUT2D eigenvalue weighted by Gasteiger charge is -2.18. The molecule has 29 heavy (non-hydrogen) atoms. The van der Waals surface area contributed by atoms with Crippen molar-refractivity contribution in [1.29, 1.82) is 0 Å². The van der Waals surface area contributed by atoms with Gasteiger partial charge < -0.3 is 15.2 Å². The highest BCUT2D eigenvalue weighted by Gasteiger charge is 2.18. The quantitative estimate of drug-likeness (QED) is 0.540. The van der Waals surface area contributed by atoms with Gasteiger partial charge >= 0.3 is 0 Å². The summed E-state index contributed by atoms with van der Waals surface area (Å²) in [6.07, 6.45) is 1.81. The molecule has 0 aliphatic carbocycles. The molecule has 0 fully saturated rings. The van der Waals surface area contributed by atoms with E-state index in [9.17, 15) is 18.4 Å². The number of aromatic amines is 1. The van der Waals surface area contributed by atoms with Gasteiger partial charge in [-0.2, -0.15) is 0 Å². The lowest BCUT2D eigenvalue weighted by atomic mass is 10.2. The number of para-hydroxylation sites is 1. The number of hydrogen-bond acceptors (Lipinski definition) is 3. The predicted octanol–water partition coefficient (Wildman–Crippen LogP) is 2.02. The number of aromatic nitrogens is 2. The number of benzene rings is 2. The van der Waals surface area contributed by atoms with Crippen molar-refractivity contribution >= 4 is 22.5 Å². The summed E-state index contributed by atoms with van der Waals surface area (Å²) in [5, 5.41) is 2.92. The first-order valence-electron chi connectivity index (χ1n) is 9.52. The number of unbranched alkanes of at least 4 members (excludes halogenated alkanes) is 1. The molecule has 1 unspecified atom stereocenters. The molecular weight excluding hydrogens is 378 g/mol. The van der Waals surface area contributed by atoms with Gasteiger partial charge in [-0.25, -0.2) is 13.8 Å². The molecule has 1 atom stereocenters. The number of hydrogen-bond donors (Lipinski definition) is 3. The van der Waals surface area contributed by atoms with Gasteiger partial charge in [-0.05, 0) is 30.7 Å². The van der Waals surface area contributed by atoms with Gasteiger partial charge in [0.1, 0.15) is 18.2 Å². The van der Waals surface area contributed by atoms with E-state index < -0.39 is 17.5 Å². The van der Waals surface area contributed by atoms with Crippen LogP contribution in [-0.2, 0) is 11.3 Å². The van der Waals surface area contributed by atoms with Gasteiger partial charge in [0.25, 0.3) is 11.5 Å². The fraction of sp³-hybridized carbons (Fsp3) is 0.286. The summed E-state index contributed by atoms with van der Waals surface area (Å²) in [7, 11) is 0. The van der Waals surface area contributed by atoms with Crippen LogP contribution >= 0.6 is 0 Å². The number of carbonyl (C=O) groups excluding carboxylic acids is 1. The number of fused-ring (bicyclic) bond motifs is 1. The van der Waals surface area contributed by atoms with Gasteiger partial charge in [-0.3, -0.25) is 9.59 Å². The van der Waals surface area contributed by atoms with Gasteiger partial charge in [0.2, 0.25) is 0 Å². The van der Waals surface area contributed by atoms with E-state index >= 15 is 0 Å². The fourth-order valence-electron chi connectivity index (χ4n) is 3.14. The molecule has 0 saturated carbocycles. The number of H-pyrrole nitrogens is 1. The minimum atomic E-state index is -0.699. The molecular formula is C21H23F2N4O2+. The van der Waals surface area contributed by atoms with Gasteiger partial charge in [0.05, 0.1) is 23.1 Å². The molecule has 0 aliphatic rings. The number of carbonyl (C=O) groups is 1. The SMILES string of the molecule is CCCC[NH+](CC(=O)Nc1cc(F)ccc1F)Cc1nc2ccccc2c(=O)[nH]1. The molecule has 3 rings (SSSR count). The topological polar surface area (TPSA) is 79.3 Å². The Balaban J connectivity index is 1.75. The smallest absolute Gasteiger partial charge is 0.279 e. The van der Waals surface area contributed by atoms with Crippen LogP contribution in [0.5, 0.6) is 0 Å². The number of nitrogens with one attached hydrogen (secondary N) is 3. The zero-order valence-corrected chi connectivity index (χ0v) is 16.1. The molecule has 1 heterocycles. The van der Waals surface area contributed by atoms with Gasteiger partial charge in [0, 0.05) is 6.07 Å². The Kier molecular flexibility index (Phi) is 6.66. The maximum atomic E-state index is 13.8. The zero-order valence-electron chi connectivity index (χ0n) is 16.1. The Bertz CT molecular complexity index is 1070. The third-order valence-electron chi connectivity index (χ3n) is 4.58. The molecule has 0 spiro atoms. The monoisotopic (exact) mass is 401 g/mol. The Labute approximate surface area is 166 Å². The first kappa shape index (κ1) is 20.6. The molecule has 3 N–H and O–H groups in total. The molecule has 0 saturated heterocycles. The Morgan fingerprint density at radius 2 is 2.00 bits per heavy atom. The largest absolute Gasteiger partial charge is 0.321 e. The van der Waals surface area contributed by atoms with Crippen molar-refractivity contribution in [3.05, 3.63) is 70.3 Å². The van der Waals surface area contributed by atoms with E-state index in [1.807, 2.05) is 6.92 Å². The second-order valence-electron chi connectivity index (χ2n) is 6.91. The van der Waals surface area contributed by atoms with Crippen LogP contribution in [0.1, 0.15) is 25.6 Å². The van der Waals surface area contributed by atoms with Crippen molar-refractivity contribution in [3.63, 3.8) is 0 Å². The molecule has 1 amide bonds. The van der Waals surface area contributed by atoms with Crippen LogP contribution in [0.3, 0.4) is 0 Å². The van der Waals surface area contributed by atoms with E-state index in [1.165, 1.54) is 0 Å². The lowest BCUT2D eigenvalue weighted by Crippen LogP contribution is -3.12. The van der Waals surface area contributed by atoms with Gasteiger partial charge in [-0.1, -0.05) is 25.5 Å². The number of nitrogens with zero attached hydrogens (tertiary/aromatic N) is 1. The van der Waals surface area contributed by atoms with E-state index in [4.69, 9.17) is 0 Å². The predicted molar refractivity (Wildman–Crippen MR) is 107 cm³/mol. The first-order valence-corrected chi connectivity index (χ1v) is 9.52. The number of quaternary nitrogens is 1. The van der Waals surface area contributed by atoms with Crippen molar-refractivity contribution in [2.45, 2.75) is 26.3 Å². The summed E-state index contributed by atoms with van der Waals surface area (Å²) in [6.45, 7) is 3.08. The van der Waals surface area contributed by atoms with Crippen molar-refractivity contribution in [3.8, 4) is 0 Å². The highest BCUT2D eigenvalue weighted by atomic mass is 19.1. The van der Waals surface area contributed by atoms with Crippen LogP contribution in [0.25, 0.3) is 10.9 Å². The van der Waals surface area contributed by atoms with Crippen LogP contribution in [-0.4, -0.2) is 29.0 Å². The molecule has 3 aromatic rings. The molecule has 6 nitrogen and oxygen atoms in total. The number of anilines is 1. The van der Waals surface area contributed by atoms with Crippen LogP contribution in [0.4, 0.5) is 14.5 Å². The summed E-state index contributed by atoms with van der Waals surface area (Å²) in [5.74, 6) is -1.29. The minimum absolute atomic E-state index is 0.0342. The van der Waals surface area contributed by atoms with E-state index in [0.29, 0.717) is 29.8 Å². The van der Waals surface area contributed by atoms with Crippen molar-refractivity contribution in [1.82, 2.24) is 9.97 Å². The molecule has 152 valence electrons. The summed E-state index contributed by atoms with van der Waals surface area (Å²) >= 11 is 0. The summed E-state index contributed by atoms with van der Waals surface area (Å²) in [4.78, 5) is 32.8. The zero-order chi connectivity index (χ0) is 20.8. The maximum Gasteiger partial charge on any atom is 0.279 e. The summed E-state index contributed by atoms with van der Waals surface area (Å²) in [5.41, 5.74) is 0.168. The summed E-state index contributed by atoms with van der Waals surface area (Å²) < 4.78 is 27.1. The Morgan fingerprint density at radius 3 is 2.79 bits per heavy atom. The average Bonchev–Trinajstić information content (AvgIpc) is 2.69. The maximum absolute atomic E-state index is 13.8. The fourth-order valence-corrected chi connectivity index (χ4v) is 3.14. The molecule has 8 heteroatoms. The van der Waals surface area contributed by atoms with Crippen molar-refractivity contribution < 1.29 is 18.5 Å². The van der Waals surface area contributed by atoms with E-state index in [-0.39, 0.29) is 17.8 Å².